The molecule has 0 bridgehead atoms. The molecular weight excluding hydrogens is 512 g/mol. The second-order valence-corrected chi connectivity index (χ2v) is 11.7. The Morgan fingerprint density at radius 1 is 1.08 bits per heavy atom. The Labute approximate surface area is 227 Å². The van der Waals surface area contributed by atoms with Gasteiger partial charge in [-0.2, -0.15) is 8.78 Å². The minimum absolute atomic E-state index is 0.00465. The van der Waals surface area contributed by atoms with Crippen molar-refractivity contribution >= 4 is 29.1 Å². The lowest BCUT2D eigenvalue weighted by molar-refractivity contribution is -0.229. The summed E-state index contributed by atoms with van der Waals surface area (Å²) in [5, 5.41) is 11.1. The number of rotatable bonds is 7. The number of halogens is 3. The maximum Gasteiger partial charge on any atom is 0.314 e. The van der Waals surface area contributed by atoms with E-state index in [4.69, 9.17) is 11.6 Å². The van der Waals surface area contributed by atoms with Crippen molar-refractivity contribution in [2.45, 2.75) is 43.6 Å². The van der Waals surface area contributed by atoms with Gasteiger partial charge in [-0.1, -0.05) is 35.9 Å². The number of likely N-dealkylation sites (N-methyl/N-ethyl adjacent to an activating group) is 1. The van der Waals surface area contributed by atoms with Crippen LogP contribution in [-0.4, -0.2) is 67.5 Å². The molecule has 2 atom stereocenters. The van der Waals surface area contributed by atoms with Crippen LogP contribution in [0.1, 0.15) is 53.6 Å². The molecule has 5 rings (SSSR count). The van der Waals surface area contributed by atoms with E-state index in [1.165, 1.54) is 35.0 Å². The minimum atomic E-state index is -3.59. The van der Waals surface area contributed by atoms with Crippen molar-refractivity contribution in [3.63, 3.8) is 0 Å². The Hall–Kier alpha value is -2.71. The number of piperidine rings is 1. The summed E-state index contributed by atoms with van der Waals surface area (Å²) in [7, 11) is 4.89. The SMILES string of the molecule is CN(C)C(=O)c1ccc(N2CCC3(CC2)CC3CCCN(C)C(=O)[C@]2(O)c3ccccc3C2(F)F)cc1Cl. The highest BCUT2D eigenvalue weighted by Crippen LogP contribution is 2.61. The average molecular weight is 546 g/mol. The molecule has 0 aromatic heterocycles. The lowest BCUT2D eigenvalue weighted by Crippen LogP contribution is -2.62. The number of fused-ring (bicyclic) bond motifs is 1. The van der Waals surface area contributed by atoms with Gasteiger partial charge in [0.2, 0.25) is 5.60 Å². The highest BCUT2D eigenvalue weighted by molar-refractivity contribution is 6.34. The third-order valence-electron chi connectivity index (χ3n) is 8.88. The second kappa shape index (κ2) is 9.49. The fourth-order valence-electron chi connectivity index (χ4n) is 6.35. The van der Waals surface area contributed by atoms with E-state index in [-0.39, 0.29) is 17.0 Å². The van der Waals surface area contributed by atoms with Gasteiger partial charge >= 0.3 is 5.92 Å². The predicted octanol–water partition coefficient (Wildman–Crippen LogP) is 4.88. The number of aliphatic hydroxyl groups is 1. The molecule has 9 heteroatoms. The standard InChI is InChI=1S/C29H34ClF2N3O3/c1-33(2)25(36)21-11-10-20(17-24(21)30)35-15-12-27(13-16-35)18-19(27)7-6-14-34(3)26(37)28(38)22-8-4-5-9-23(22)29(28,31)32/h4-5,8-11,17,19,38H,6-7,12-16,18H2,1-3H3/t19?,28-/m1/s1. The Balaban J connectivity index is 1.10. The molecule has 1 heterocycles. The van der Waals surface area contributed by atoms with Crippen LogP contribution in [0, 0.1) is 11.3 Å². The van der Waals surface area contributed by atoms with Crippen molar-refractivity contribution in [1.82, 2.24) is 9.80 Å². The van der Waals surface area contributed by atoms with Crippen LogP contribution in [0.5, 0.6) is 0 Å². The molecule has 2 fully saturated rings. The smallest absolute Gasteiger partial charge is 0.314 e. The van der Waals surface area contributed by atoms with E-state index in [1.807, 2.05) is 12.1 Å². The minimum Gasteiger partial charge on any atom is -0.371 e. The van der Waals surface area contributed by atoms with Gasteiger partial charge in [-0.25, -0.2) is 0 Å². The molecule has 1 saturated heterocycles. The van der Waals surface area contributed by atoms with Gasteiger partial charge in [0.25, 0.3) is 11.8 Å². The number of hydrogen-bond donors (Lipinski definition) is 1. The summed E-state index contributed by atoms with van der Waals surface area (Å²) in [4.78, 5) is 30.2. The third-order valence-corrected chi connectivity index (χ3v) is 9.20. The molecule has 2 aliphatic carbocycles. The number of hydrogen-bond acceptors (Lipinski definition) is 4. The Kier molecular flexibility index (Phi) is 6.71. The molecular formula is C29H34ClF2N3O3. The molecule has 6 nitrogen and oxygen atoms in total. The van der Waals surface area contributed by atoms with Crippen LogP contribution in [0.4, 0.5) is 14.5 Å². The van der Waals surface area contributed by atoms with E-state index in [2.05, 4.69) is 4.90 Å². The van der Waals surface area contributed by atoms with Gasteiger partial charge in [-0.3, -0.25) is 9.59 Å². The van der Waals surface area contributed by atoms with Crippen LogP contribution in [0.3, 0.4) is 0 Å². The molecule has 1 spiro atoms. The zero-order chi connectivity index (χ0) is 27.5. The average Bonchev–Trinajstić information content (AvgIpc) is 3.58. The van der Waals surface area contributed by atoms with Gasteiger partial charge in [0.1, 0.15) is 0 Å². The predicted molar refractivity (Wildman–Crippen MR) is 143 cm³/mol. The number of nitrogens with zero attached hydrogens (tertiary/aromatic N) is 3. The largest absolute Gasteiger partial charge is 0.371 e. The van der Waals surface area contributed by atoms with Crippen molar-refractivity contribution in [3.05, 3.63) is 64.2 Å². The zero-order valence-corrected chi connectivity index (χ0v) is 22.8. The second-order valence-electron chi connectivity index (χ2n) is 11.3. The highest BCUT2D eigenvalue weighted by Gasteiger charge is 2.70. The van der Waals surface area contributed by atoms with Gasteiger partial charge in [-0.15, -0.1) is 0 Å². The number of carbonyl (C=O) groups is 2. The highest BCUT2D eigenvalue weighted by atomic mass is 35.5. The maximum absolute atomic E-state index is 14.6. The van der Waals surface area contributed by atoms with E-state index in [1.54, 1.807) is 26.2 Å². The van der Waals surface area contributed by atoms with Gasteiger partial charge in [0, 0.05) is 57.6 Å². The number of benzene rings is 2. The molecule has 3 aliphatic rings. The molecule has 0 radical (unpaired) electrons. The molecule has 204 valence electrons. The number of carbonyl (C=O) groups excluding carboxylic acids is 2. The van der Waals surface area contributed by atoms with E-state index in [0.29, 0.717) is 34.9 Å². The van der Waals surface area contributed by atoms with E-state index in [9.17, 15) is 23.5 Å². The van der Waals surface area contributed by atoms with Gasteiger partial charge < -0.3 is 19.8 Å². The van der Waals surface area contributed by atoms with Crippen LogP contribution in [-0.2, 0) is 16.3 Å². The van der Waals surface area contributed by atoms with Crippen LogP contribution in [0.25, 0.3) is 0 Å². The molecule has 2 aromatic rings. The molecule has 1 N–H and O–H groups in total. The van der Waals surface area contributed by atoms with Crippen molar-refractivity contribution in [2.75, 3.05) is 45.7 Å². The summed E-state index contributed by atoms with van der Waals surface area (Å²) < 4.78 is 29.3. The van der Waals surface area contributed by atoms with Gasteiger partial charge in [-0.05, 0) is 61.6 Å². The topological polar surface area (TPSA) is 64.1 Å². The lowest BCUT2D eigenvalue weighted by Gasteiger charge is -2.46. The third kappa shape index (κ3) is 4.16. The Morgan fingerprint density at radius 3 is 2.37 bits per heavy atom. The van der Waals surface area contributed by atoms with E-state index >= 15 is 0 Å². The monoisotopic (exact) mass is 545 g/mol. The first-order chi connectivity index (χ1) is 17.9. The number of alkyl halides is 2. The normalized spacial score (nSPS) is 24.4. The van der Waals surface area contributed by atoms with Crippen molar-refractivity contribution in [2.24, 2.45) is 11.3 Å². The number of anilines is 1. The first kappa shape index (κ1) is 26.9. The van der Waals surface area contributed by atoms with Crippen molar-refractivity contribution in [3.8, 4) is 0 Å². The fraction of sp³-hybridized carbons (Fsp3) is 0.517. The van der Waals surface area contributed by atoms with Crippen LogP contribution in [0.15, 0.2) is 42.5 Å². The lowest BCUT2D eigenvalue weighted by atomic mass is 9.68. The van der Waals surface area contributed by atoms with Crippen LogP contribution >= 0.6 is 11.6 Å². The molecule has 1 unspecified atom stereocenters. The molecule has 2 amide bonds. The van der Waals surface area contributed by atoms with E-state index in [0.717, 1.165) is 44.5 Å². The summed E-state index contributed by atoms with van der Waals surface area (Å²) in [6.45, 7) is 2.15. The van der Waals surface area contributed by atoms with E-state index < -0.39 is 17.4 Å². The summed E-state index contributed by atoms with van der Waals surface area (Å²) in [6.07, 6.45) is 4.90. The summed E-state index contributed by atoms with van der Waals surface area (Å²) in [5.41, 5.74) is -1.25. The summed E-state index contributed by atoms with van der Waals surface area (Å²) in [6, 6.07) is 11.3. The maximum atomic E-state index is 14.6. The summed E-state index contributed by atoms with van der Waals surface area (Å²) >= 11 is 6.41. The molecule has 1 aliphatic heterocycles. The molecule has 1 saturated carbocycles. The molecule has 2 aromatic carbocycles. The fourth-order valence-corrected chi connectivity index (χ4v) is 6.61. The van der Waals surface area contributed by atoms with Gasteiger partial charge in [0.05, 0.1) is 10.6 Å². The quantitative estimate of drug-likeness (QED) is 0.539. The van der Waals surface area contributed by atoms with Crippen LogP contribution < -0.4 is 4.90 Å². The van der Waals surface area contributed by atoms with Crippen molar-refractivity contribution in [1.29, 1.82) is 0 Å². The van der Waals surface area contributed by atoms with Crippen LogP contribution in [0.2, 0.25) is 5.02 Å². The Morgan fingerprint density at radius 2 is 1.74 bits per heavy atom. The molecule has 38 heavy (non-hydrogen) atoms. The summed E-state index contributed by atoms with van der Waals surface area (Å²) in [5.74, 6) is -4.09. The Bertz CT molecular complexity index is 1260. The number of amides is 2. The first-order valence-electron chi connectivity index (χ1n) is 13.1. The van der Waals surface area contributed by atoms with Gasteiger partial charge in [0.15, 0.2) is 0 Å². The zero-order valence-electron chi connectivity index (χ0n) is 22.0. The van der Waals surface area contributed by atoms with Crippen molar-refractivity contribution < 1.29 is 23.5 Å². The first-order valence-corrected chi connectivity index (χ1v) is 13.5.